The van der Waals surface area contributed by atoms with Crippen LogP contribution in [-0.4, -0.2) is 58.7 Å². The minimum atomic E-state index is -0.409. The van der Waals surface area contributed by atoms with Gasteiger partial charge in [0, 0.05) is 57.1 Å². The van der Waals surface area contributed by atoms with E-state index in [1.54, 1.807) is 0 Å². The molecule has 1 aromatic heterocycles. The van der Waals surface area contributed by atoms with Crippen molar-refractivity contribution >= 4 is 0 Å². The van der Waals surface area contributed by atoms with Crippen molar-refractivity contribution in [3.8, 4) is 0 Å². The summed E-state index contributed by atoms with van der Waals surface area (Å²) in [7, 11) is 0. The van der Waals surface area contributed by atoms with Crippen LogP contribution in [0, 0.1) is 0 Å². The van der Waals surface area contributed by atoms with Crippen molar-refractivity contribution in [1.82, 2.24) is 14.8 Å². The standard InChI is InChI=1S/C20H27N3O/c1-17-15-22(12-10-19-9-5-6-11-21-19)13-14-23(17)16-20(24)18-7-3-2-4-8-18/h2-9,11,17,20,24H,10,12-16H2,1H3/t17-,20+/m0/s1. The molecule has 0 bridgehead atoms. The topological polar surface area (TPSA) is 39.6 Å². The summed E-state index contributed by atoms with van der Waals surface area (Å²) in [6, 6.07) is 16.5. The maximum Gasteiger partial charge on any atom is 0.0917 e. The predicted molar refractivity (Wildman–Crippen MR) is 96.8 cm³/mol. The Labute approximate surface area is 144 Å². The zero-order chi connectivity index (χ0) is 16.8. The fraction of sp³-hybridized carbons (Fsp3) is 0.450. The molecule has 24 heavy (non-hydrogen) atoms. The number of β-amino-alcohol motifs (C(OH)–C–C–N with tert-alkyl or cyclic N) is 1. The molecule has 128 valence electrons. The van der Waals surface area contributed by atoms with Gasteiger partial charge in [-0.3, -0.25) is 9.88 Å². The van der Waals surface area contributed by atoms with Crippen molar-refractivity contribution in [2.75, 3.05) is 32.7 Å². The zero-order valence-corrected chi connectivity index (χ0v) is 14.4. The number of piperazine rings is 1. The van der Waals surface area contributed by atoms with Crippen LogP contribution in [0.5, 0.6) is 0 Å². The Morgan fingerprint density at radius 1 is 1.12 bits per heavy atom. The average molecular weight is 325 g/mol. The third-order valence-corrected chi connectivity index (χ3v) is 4.85. The first-order valence-corrected chi connectivity index (χ1v) is 8.81. The van der Waals surface area contributed by atoms with Crippen LogP contribution in [0.2, 0.25) is 0 Å². The van der Waals surface area contributed by atoms with Gasteiger partial charge in [-0.15, -0.1) is 0 Å². The number of aliphatic hydroxyl groups excluding tert-OH is 1. The Kier molecular flexibility index (Phi) is 5.96. The molecule has 0 saturated carbocycles. The zero-order valence-electron chi connectivity index (χ0n) is 14.4. The minimum Gasteiger partial charge on any atom is -0.387 e. The summed E-state index contributed by atoms with van der Waals surface area (Å²) >= 11 is 0. The Balaban J connectivity index is 1.46. The lowest BCUT2D eigenvalue weighted by Gasteiger charge is -2.40. The van der Waals surface area contributed by atoms with E-state index in [9.17, 15) is 5.11 Å². The highest BCUT2D eigenvalue weighted by Gasteiger charge is 2.25. The largest absolute Gasteiger partial charge is 0.387 e. The molecular weight excluding hydrogens is 298 g/mol. The summed E-state index contributed by atoms with van der Waals surface area (Å²) in [5, 5.41) is 10.4. The summed E-state index contributed by atoms with van der Waals surface area (Å²) in [6.07, 6.45) is 2.45. The van der Waals surface area contributed by atoms with Gasteiger partial charge in [0.1, 0.15) is 0 Å². The predicted octanol–water partition coefficient (Wildman–Crippen LogP) is 2.36. The first-order valence-electron chi connectivity index (χ1n) is 8.81. The molecule has 0 unspecified atom stereocenters. The second-order valence-electron chi connectivity index (χ2n) is 6.64. The first-order chi connectivity index (χ1) is 11.7. The summed E-state index contributed by atoms with van der Waals surface area (Å²) in [4.78, 5) is 9.30. The van der Waals surface area contributed by atoms with Crippen LogP contribution in [-0.2, 0) is 6.42 Å². The van der Waals surface area contributed by atoms with E-state index in [0.717, 1.165) is 43.9 Å². The SMILES string of the molecule is C[C@H]1CN(CCc2ccccn2)CCN1C[C@@H](O)c1ccccc1. The van der Waals surface area contributed by atoms with Crippen LogP contribution in [0.4, 0.5) is 0 Å². The van der Waals surface area contributed by atoms with Gasteiger partial charge in [-0.1, -0.05) is 36.4 Å². The molecule has 1 aliphatic rings. The van der Waals surface area contributed by atoms with Gasteiger partial charge < -0.3 is 10.0 Å². The molecule has 4 nitrogen and oxygen atoms in total. The van der Waals surface area contributed by atoms with Crippen LogP contribution in [0.15, 0.2) is 54.7 Å². The van der Waals surface area contributed by atoms with E-state index < -0.39 is 6.10 Å². The van der Waals surface area contributed by atoms with Crippen LogP contribution in [0.1, 0.15) is 24.3 Å². The van der Waals surface area contributed by atoms with Crippen LogP contribution >= 0.6 is 0 Å². The van der Waals surface area contributed by atoms with Gasteiger partial charge in [-0.25, -0.2) is 0 Å². The van der Waals surface area contributed by atoms with Crippen molar-refractivity contribution in [3.63, 3.8) is 0 Å². The quantitative estimate of drug-likeness (QED) is 0.885. The van der Waals surface area contributed by atoms with E-state index >= 15 is 0 Å². The molecule has 0 amide bonds. The molecule has 1 aromatic carbocycles. The van der Waals surface area contributed by atoms with Crippen molar-refractivity contribution in [1.29, 1.82) is 0 Å². The van der Waals surface area contributed by atoms with Gasteiger partial charge in [0.2, 0.25) is 0 Å². The fourth-order valence-electron chi connectivity index (χ4n) is 3.37. The summed E-state index contributed by atoms with van der Waals surface area (Å²) < 4.78 is 0. The molecule has 1 aliphatic heterocycles. The number of hydrogen-bond donors (Lipinski definition) is 1. The number of aliphatic hydroxyl groups is 1. The molecular formula is C20H27N3O. The lowest BCUT2D eigenvalue weighted by Crippen LogP contribution is -2.53. The summed E-state index contributed by atoms with van der Waals surface area (Å²) in [5.74, 6) is 0. The monoisotopic (exact) mass is 325 g/mol. The molecule has 2 atom stereocenters. The van der Waals surface area contributed by atoms with Crippen LogP contribution in [0.3, 0.4) is 0 Å². The second-order valence-corrected chi connectivity index (χ2v) is 6.64. The molecule has 2 aromatic rings. The lowest BCUT2D eigenvalue weighted by molar-refractivity contribution is 0.0392. The van der Waals surface area contributed by atoms with E-state index in [2.05, 4.69) is 27.8 Å². The maximum atomic E-state index is 10.4. The summed E-state index contributed by atoms with van der Waals surface area (Å²) in [5.41, 5.74) is 2.16. The summed E-state index contributed by atoms with van der Waals surface area (Å²) in [6.45, 7) is 7.13. The van der Waals surface area contributed by atoms with E-state index in [0.29, 0.717) is 12.6 Å². The van der Waals surface area contributed by atoms with E-state index in [1.807, 2.05) is 48.7 Å². The van der Waals surface area contributed by atoms with Gasteiger partial charge in [0.15, 0.2) is 0 Å². The van der Waals surface area contributed by atoms with E-state index in [1.165, 1.54) is 0 Å². The highest BCUT2D eigenvalue weighted by atomic mass is 16.3. The van der Waals surface area contributed by atoms with Gasteiger partial charge in [0.05, 0.1) is 6.10 Å². The Hall–Kier alpha value is -1.75. The van der Waals surface area contributed by atoms with Crippen LogP contribution in [0.25, 0.3) is 0 Å². The number of aromatic nitrogens is 1. The van der Waals surface area contributed by atoms with Gasteiger partial charge in [-0.05, 0) is 24.6 Å². The maximum absolute atomic E-state index is 10.4. The Morgan fingerprint density at radius 2 is 1.92 bits per heavy atom. The molecule has 0 aliphatic carbocycles. The first kappa shape index (κ1) is 17.1. The third kappa shape index (κ3) is 4.63. The Bertz CT molecular complexity index is 605. The normalized spacial score (nSPS) is 20.8. The van der Waals surface area contributed by atoms with Crippen LogP contribution < -0.4 is 0 Å². The fourth-order valence-corrected chi connectivity index (χ4v) is 3.37. The van der Waals surface area contributed by atoms with Gasteiger partial charge >= 0.3 is 0 Å². The second kappa shape index (κ2) is 8.38. The molecule has 2 heterocycles. The lowest BCUT2D eigenvalue weighted by atomic mass is 10.1. The number of benzene rings is 1. The number of pyridine rings is 1. The smallest absolute Gasteiger partial charge is 0.0917 e. The molecule has 1 N–H and O–H groups in total. The van der Waals surface area contributed by atoms with Crippen molar-refractivity contribution in [2.24, 2.45) is 0 Å². The molecule has 4 heteroatoms. The minimum absolute atomic E-state index is 0.409. The number of rotatable bonds is 6. The van der Waals surface area contributed by atoms with Crippen molar-refractivity contribution in [2.45, 2.75) is 25.5 Å². The third-order valence-electron chi connectivity index (χ3n) is 4.85. The number of hydrogen-bond acceptors (Lipinski definition) is 4. The van der Waals surface area contributed by atoms with E-state index in [4.69, 9.17) is 0 Å². The average Bonchev–Trinajstić information content (AvgIpc) is 2.63. The number of nitrogens with zero attached hydrogens (tertiary/aromatic N) is 3. The van der Waals surface area contributed by atoms with Crippen molar-refractivity contribution in [3.05, 3.63) is 66.0 Å². The highest BCUT2D eigenvalue weighted by Crippen LogP contribution is 2.18. The highest BCUT2D eigenvalue weighted by molar-refractivity contribution is 5.17. The van der Waals surface area contributed by atoms with E-state index in [-0.39, 0.29) is 0 Å². The van der Waals surface area contributed by atoms with Gasteiger partial charge in [-0.2, -0.15) is 0 Å². The molecule has 0 spiro atoms. The van der Waals surface area contributed by atoms with Crippen molar-refractivity contribution < 1.29 is 5.11 Å². The van der Waals surface area contributed by atoms with Gasteiger partial charge in [0.25, 0.3) is 0 Å². The Morgan fingerprint density at radius 3 is 2.62 bits per heavy atom. The molecule has 1 saturated heterocycles. The molecule has 1 fully saturated rings. The molecule has 0 radical (unpaired) electrons. The molecule has 3 rings (SSSR count).